The minimum atomic E-state index is -0.527. The number of aryl methyl sites for hydroxylation is 1. The number of ether oxygens (including phenoxy) is 1. The Morgan fingerprint density at radius 3 is 2.74 bits per heavy atom. The van der Waals surface area contributed by atoms with Gasteiger partial charge in [-0.15, -0.1) is 5.10 Å². The van der Waals surface area contributed by atoms with E-state index in [1.807, 2.05) is 4.90 Å². The van der Waals surface area contributed by atoms with Crippen LogP contribution >= 0.6 is 11.6 Å². The average Bonchev–Trinajstić information content (AvgIpc) is 3.14. The first kappa shape index (κ1) is 20.8. The lowest BCUT2D eigenvalue weighted by molar-refractivity contribution is -0.384. The summed E-state index contributed by atoms with van der Waals surface area (Å²) in [5.74, 6) is 0.273. The molecule has 160 valence electrons. The summed E-state index contributed by atoms with van der Waals surface area (Å²) in [7, 11) is 0. The minimum Gasteiger partial charge on any atom is -0.378 e. The van der Waals surface area contributed by atoms with Gasteiger partial charge in [-0.1, -0.05) is 23.7 Å². The molecular formula is C20H19ClN6O4. The lowest BCUT2D eigenvalue weighted by atomic mass is 10.0. The zero-order chi connectivity index (χ0) is 22.0. The summed E-state index contributed by atoms with van der Waals surface area (Å²) < 4.78 is 5.38. The molecular weight excluding hydrogens is 424 g/mol. The number of hydrogen-bond acceptors (Lipinski definition) is 8. The van der Waals surface area contributed by atoms with Crippen LogP contribution in [0, 0.1) is 17.0 Å². The van der Waals surface area contributed by atoms with E-state index in [0.717, 1.165) is 0 Å². The zero-order valence-corrected chi connectivity index (χ0v) is 17.3. The number of nitrogens with one attached hydrogen (secondary N) is 2. The van der Waals surface area contributed by atoms with E-state index < -0.39 is 4.92 Å². The van der Waals surface area contributed by atoms with Crippen molar-refractivity contribution in [3.63, 3.8) is 0 Å². The predicted octanol–water partition coefficient (Wildman–Crippen LogP) is 3.49. The molecule has 31 heavy (non-hydrogen) atoms. The molecule has 0 bridgehead atoms. The van der Waals surface area contributed by atoms with E-state index in [1.165, 1.54) is 6.20 Å². The molecule has 1 aromatic carbocycles. The topological polar surface area (TPSA) is 126 Å². The van der Waals surface area contributed by atoms with Crippen molar-refractivity contribution in [2.24, 2.45) is 0 Å². The Balaban J connectivity index is 1.78. The molecule has 0 spiro atoms. The van der Waals surface area contributed by atoms with Crippen molar-refractivity contribution in [3.05, 3.63) is 68.5 Å². The van der Waals surface area contributed by atoms with Gasteiger partial charge >= 0.3 is 5.69 Å². The van der Waals surface area contributed by atoms with Crippen LogP contribution in [-0.4, -0.2) is 52.2 Å². The number of pyridine rings is 1. The molecule has 0 radical (unpaired) electrons. The molecule has 0 amide bonds. The number of halogens is 1. The third-order valence-corrected chi connectivity index (χ3v) is 5.27. The molecule has 0 unspecified atom stereocenters. The third-order valence-electron chi connectivity index (χ3n) is 4.94. The van der Waals surface area contributed by atoms with E-state index in [9.17, 15) is 14.9 Å². The number of aromatic amines is 1. The fraction of sp³-hybridized carbons (Fsp3) is 0.250. The van der Waals surface area contributed by atoms with Crippen LogP contribution in [0.4, 0.5) is 23.0 Å². The van der Waals surface area contributed by atoms with Crippen LogP contribution in [-0.2, 0) is 4.74 Å². The largest absolute Gasteiger partial charge is 0.378 e. The van der Waals surface area contributed by atoms with Gasteiger partial charge in [0, 0.05) is 30.9 Å². The van der Waals surface area contributed by atoms with Gasteiger partial charge in [-0.3, -0.25) is 20.0 Å². The first-order valence-electron chi connectivity index (χ1n) is 9.54. The van der Waals surface area contributed by atoms with Crippen molar-refractivity contribution in [3.8, 4) is 0 Å². The predicted molar refractivity (Wildman–Crippen MR) is 115 cm³/mol. The molecule has 1 saturated heterocycles. The third kappa shape index (κ3) is 4.21. The maximum atomic E-state index is 13.2. The molecule has 0 saturated carbocycles. The number of H-pyrrole nitrogens is 1. The van der Waals surface area contributed by atoms with Gasteiger partial charge in [0.1, 0.15) is 11.5 Å². The van der Waals surface area contributed by atoms with Crippen LogP contribution in [0.25, 0.3) is 0 Å². The van der Waals surface area contributed by atoms with Crippen LogP contribution in [0.2, 0.25) is 5.02 Å². The molecule has 0 aliphatic carbocycles. The standard InChI is InChI=1S/C20H19ClN6O4/c1-12-18(27(29)30)20(25-24-12)23-16-10-17(26-6-8-31-9-7-26)22-11-14(16)19(28)13-4-2-3-5-15(13)21/h2-5,10-11H,6-9H2,1H3,(H2,22,23,24,25). The average molecular weight is 443 g/mol. The number of benzene rings is 1. The second kappa shape index (κ2) is 8.70. The summed E-state index contributed by atoms with van der Waals surface area (Å²) in [5.41, 5.74) is 0.978. The van der Waals surface area contributed by atoms with Crippen LogP contribution in [0.3, 0.4) is 0 Å². The summed E-state index contributed by atoms with van der Waals surface area (Å²) in [4.78, 5) is 30.6. The zero-order valence-electron chi connectivity index (χ0n) is 16.6. The van der Waals surface area contributed by atoms with Gasteiger partial charge < -0.3 is 15.0 Å². The van der Waals surface area contributed by atoms with Crippen molar-refractivity contribution in [2.75, 3.05) is 36.5 Å². The molecule has 11 heteroatoms. The smallest absolute Gasteiger partial charge is 0.333 e. The molecule has 2 N–H and O–H groups in total. The number of anilines is 3. The normalized spacial score (nSPS) is 13.8. The summed E-state index contributed by atoms with van der Waals surface area (Å²) in [5, 5.41) is 21.3. The van der Waals surface area contributed by atoms with Crippen molar-refractivity contribution < 1.29 is 14.5 Å². The number of morpholine rings is 1. The number of nitrogens with zero attached hydrogens (tertiary/aromatic N) is 4. The molecule has 3 heterocycles. The van der Waals surface area contributed by atoms with E-state index in [-0.39, 0.29) is 22.9 Å². The second-order valence-corrected chi connectivity index (χ2v) is 7.33. The molecule has 2 aromatic heterocycles. The van der Waals surface area contributed by atoms with Gasteiger partial charge in [0.05, 0.1) is 34.4 Å². The number of ketones is 1. The Labute approximate surface area is 182 Å². The molecule has 1 fully saturated rings. The lowest BCUT2D eigenvalue weighted by Gasteiger charge is -2.28. The Morgan fingerprint density at radius 2 is 2.03 bits per heavy atom. The summed E-state index contributed by atoms with van der Waals surface area (Å²) in [6.07, 6.45) is 1.45. The highest BCUT2D eigenvalue weighted by atomic mass is 35.5. The number of carbonyl (C=O) groups excluding carboxylic acids is 1. The highest BCUT2D eigenvalue weighted by Gasteiger charge is 2.25. The molecule has 1 aliphatic heterocycles. The van der Waals surface area contributed by atoms with Gasteiger partial charge in [0.15, 0.2) is 5.78 Å². The van der Waals surface area contributed by atoms with Crippen LogP contribution < -0.4 is 10.2 Å². The van der Waals surface area contributed by atoms with Gasteiger partial charge in [-0.25, -0.2) is 4.98 Å². The quantitative estimate of drug-likeness (QED) is 0.337. The highest BCUT2D eigenvalue weighted by Crippen LogP contribution is 2.32. The van der Waals surface area contributed by atoms with Crippen molar-refractivity contribution in [1.82, 2.24) is 15.2 Å². The Bertz CT molecular complexity index is 1140. The van der Waals surface area contributed by atoms with Crippen LogP contribution in [0.1, 0.15) is 21.6 Å². The van der Waals surface area contributed by atoms with Gasteiger partial charge in [0.25, 0.3) is 0 Å². The Kier molecular flexibility index (Phi) is 5.83. The first-order chi connectivity index (χ1) is 15.0. The van der Waals surface area contributed by atoms with E-state index in [1.54, 1.807) is 37.3 Å². The van der Waals surface area contributed by atoms with Crippen molar-refractivity contribution in [1.29, 1.82) is 0 Å². The summed E-state index contributed by atoms with van der Waals surface area (Å²) in [6, 6.07) is 8.37. The number of rotatable bonds is 6. The van der Waals surface area contributed by atoms with E-state index in [4.69, 9.17) is 16.3 Å². The van der Waals surface area contributed by atoms with Crippen LogP contribution in [0.5, 0.6) is 0 Å². The molecule has 0 atom stereocenters. The monoisotopic (exact) mass is 442 g/mol. The first-order valence-corrected chi connectivity index (χ1v) is 9.92. The number of hydrogen-bond donors (Lipinski definition) is 2. The molecule has 4 rings (SSSR count). The van der Waals surface area contributed by atoms with Gasteiger partial charge in [0.2, 0.25) is 5.82 Å². The lowest BCUT2D eigenvalue weighted by Crippen LogP contribution is -2.36. The fourth-order valence-corrected chi connectivity index (χ4v) is 3.57. The number of nitro groups is 1. The summed E-state index contributed by atoms with van der Waals surface area (Å²) >= 11 is 6.21. The Morgan fingerprint density at radius 1 is 1.29 bits per heavy atom. The number of aromatic nitrogens is 3. The van der Waals surface area contributed by atoms with E-state index >= 15 is 0 Å². The maximum absolute atomic E-state index is 13.2. The summed E-state index contributed by atoms with van der Waals surface area (Å²) in [6.45, 7) is 3.97. The van der Waals surface area contributed by atoms with Crippen LogP contribution in [0.15, 0.2) is 36.5 Å². The molecule has 10 nitrogen and oxygen atoms in total. The Hall–Kier alpha value is -3.50. The van der Waals surface area contributed by atoms with Gasteiger partial charge in [-0.05, 0) is 19.1 Å². The minimum absolute atomic E-state index is 0.00911. The molecule has 3 aromatic rings. The van der Waals surface area contributed by atoms with Gasteiger partial charge in [-0.2, -0.15) is 0 Å². The van der Waals surface area contributed by atoms with Crippen molar-refractivity contribution in [2.45, 2.75) is 6.92 Å². The highest BCUT2D eigenvalue weighted by molar-refractivity contribution is 6.35. The fourth-order valence-electron chi connectivity index (χ4n) is 3.35. The van der Waals surface area contributed by atoms with E-state index in [2.05, 4.69) is 20.5 Å². The van der Waals surface area contributed by atoms with E-state index in [0.29, 0.717) is 54.1 Å². The molecule has 1 aliphatic rings. The maximum Gasteiger partial charge on any atom is 0.333 e. The van der Waals surface area contributed by atoms with Crippen molar-refractivity contribution >= 4 is 40.4 Å². The SMILES string of the molecule is Cc1[nH]nc(Nc2cc(N3CCOCC3)ncc2C(=O)c2ccccc2Cl)c1[N+](=O)[O-]. The second-order valence-electron chi connectivity index (χ2n) is 6.92. The number of carbonyl (C=O) groups is 1.